The topological polar surface area (TPSA) is 74.1 Å². The lowest BCUT2D eigenvalue weighted by Crippen LogP contribution is -2.31. The Morgan fingerprint density at radius 3 is 2.43 bits per heavy atom. The molecule has 2 aromatic heterocycles. The second kappa shape index (κ2) is 11.2. The van der Waals surface area contributed by atoms with Crippen LogP contribution in [0.1, 0.15) is 36.8 Å². The van der Waals surface area contributed by atoms with Gasteiger partial charge in [0.1, 0.15) is 23.1 Å². The summed E-state index contributed by atoms with van der Waals surface area (Å²) in [6, 6.07) is 4.20. The van der Waals surface area contributed by atoms with Crippen LogP contribution in [0.5, 0.6) is 0 Å². The third-order valence-corrected chi connectivity index (χ3v) is 5.21. The van der Waals surface area contributed by atoms with E-state index in [4.69, 9.17) is 9.47 Å². The summed E-state index contributed by atoms with van der Waals surface area (Å²) in [6.45, 7) is 6.94. The van der Waals surface area contributed by atoms with Crippen LogP contribution in [-0.2, 0) is 20.6 Å². The van der Waals surface area contributed by atoms with Gasteiger partial charge in [0.25, 0.3) is 0 Å². The zero-order chi connectivity index (χ0) is 25.8. The number of nitrogens with zero attached hydrogens (tertiary/aromatic N) is 2. The molecule has 7 nitrogen and oxygen atoms in total. The van der Waals surface area contributed by atoms with Gasteiger partial charge in [-0.15, -0.1) is 0 Å². The Kier molecular flexibility index (Phi) is 8.52. The van der Waals surface area contributed by atoms with Crippen molar-refractivity contribution in [1.29, 1.82) is 0 Å². The van der Waals surface area contributed by atoms with E-state index in [2.05, 4.69) is 15.0 Å². The van der Waals surface area contributed by atoms with Crippen molar-refractivity contribution in [3.05, 3.63) is 59.2 Å². The van der Waals surface area contributed by atoms with Crippen LogP contribution >= 0.6 is 0 Å². The van der Waals surface area contributed by atoms with E-state index in [1.807, 2.05) is 20.8 Å². The van der Waals surface area contributed by atoms with Gasteiger partial charge in [-0.25, -0.2) is 22.9 Å². The number of carbonyl (C=O) groups is 1. The van der Waals surface area contributed by atoms with E-state index in [9.17, 15) is 9.18 Å². The summed E-state index contributed by atoms with van der Waals surface area (Å²) in [5, 5.41) is 3.05. The number of hydrogen-bond donors (Lipinski definition) is 1. The molecule has 0 aliphatic carbocycles. The first-order valence-corrected chi connectivity index (χ1v) is 11.2. The molecule has 190 valence electrons. The number of esters is 1. The number of methoxy groups -OCH3 is 1. The van der Waals surface area contributed by atoms with Crippen LogP contribution in [0.4, 0.5) is 13.2 Å². The molecule has 1 aromatic carbocycles. The Morgan fingerprint density at radius 2 is 1.83 bits per heavy atom. The van der Waals surface area contributed by atoms with Gasteiger partial charge in [0.05, 0.1) is 54.5 Å². The van der Waals surface area contributed by atoms with Crippen molar-refractivity contribution < 1.29 is 32.2 Å². The smallest absolute Gasteiger partial charge is 0.338 e. The highest BCUT2D eigenvalue weighted by Crippen LogP contribution is 2.32. The number of benzene rings is 1. The SMILES string of the molecule is CNCC(Cc1c(-c2c(F)cc(C(=O)OC)cc2F)nc2cc(F)ccn12)OCCOC(C)(C)C. The van der Waals surface area contributed by atoms with E-state index >= 15 is 8.78 Å². The molecule has 0 bridgehead atoms. The fourth-order valence-corrected chi connectivity index (χ4v) is 3.70. The van der Waals surface area contributed by atoms with Crippen molar-refractivity contribution in [1.82, 2.24) is 14.7 Å². The summed E-state index contributed by atoms with van der Waals surface area (Å²) in [4.78, 5) is 16.1. The zero-order valence-electron chi connectivity index (χ0n) is 20.5. The number of likely N-dealkylation sites (N-methyl/N-ethyl adjacent to an activating group) is 1. The van der Waals surface area contributed by atoms with Gasteiger partial charge in [0.2, 0.25) is 0 Å². The van der Waals surface area contributed by atoms with E-state index in [0.717, 1.165) is 19.2 Å². The molecule has 1 unspecified atom stereocenters. The minimum absolute atomic E-state index is 0.00217. The van der Waals surface area contributed by atoms with Gasteiger partial charge in [0, 0.05) is 25.2 Å². The molecule has 2 heterocycles. The highest BCUT2D eigenvalue weighted by Gasteiger charge is 2.25. The lowest BCUT2D eigenvalue weighted by molar-refractivity contribution is -0.0508. The fraction of sp³-hybridized carbons (Fsp3) is 0.440. The van der Waals surface area contributed by atoms with Crippen LogP contribution in [-0.4, -0.2) is 61.0 Å². The lowest BCUT2D eigenvalue weighted by atomic mass is 10.0. The first-order valence-electron chi connectivity index (χ1n) is 11.2. The Labute approximate surface area is 202 Å². The van der Waals surface area contributed by atoms with Crippen molar-refractivity contribution >= 4 is 11.6 Å². The van der Waals surface area contributed by atoms with Gasteiger partial charge in [-0.2, -0.15) is 0 Å². The first kappa shape index (κ1) is 26.7. The normalized spacial score (nSPS) is 12.8. The Balaban J connectivity index is 2.01. The number of rotatable bonds is 10. The van der Waals surface area contributed by atoms with Crippen LogP contribution in [0.25, 0.3) is 16.9 Å². The van der Waals surface area contributed by atoms with E-state index in [1.165, 1.54) is 18.3 Å². The number of fused-ring (bicyclic) bond motifs is 1. The number of halogens is 3. The molecule has 3 rings (SSSR count). The van der Waals surface area contributed by atoms with Crippen LogP contribution in [0.15, 0.2) is 30.5 Å². The number of ether oxygens (including phenoxy) is 3. The molecule has 3 aromatic rings. The van der Waals surface area contributed by atoms with Crippen LogP contribution in [0.3, 0.4) is 0 Å². The van der Waals surface area contributed by atoms with Crippen LogP contribution in [0.2, 0.25) is 0 Å². The Morgan fingerprint density at radius 1 is 1.14 bits per heavy atom. The van der Waals surface area contributed by atoms with Crippen LogP contribution < -0.4 is 5.32 Å². The fourth-order valence-electron chi connectivity index (χ4n) is 3.70. The molecule has 0 amide bonds. The van der Waals surface area contributed by atoms with E-state index in [1.54, 1.807) is 11.4 Å². The molecular weight excluding hydrogens is 463 g/mol. The lowest BCUT2D eigenvalue weighted by Gasteiger charge is -2.22. The van der Waals surface area contributed by atoms with Gasteiger partial charge in [-0.1, -0.05) is 0 Å². The molecule has 0 saturated heterocycles. The minimum Gasteiger partial charge on any atom is -0.465 e. The average molecular weight is 494 g/mol. The van der Waals surface area contributed by atoms with Gasteiger partial charge >= 0.3 is 5.97 Å². The molecule has 10 heteroatoms. The van der Waals surface area contributed by atoms with E-state index in [-0.39, 0.29) is 28.9 Å². The van der Waals surface area contributed by atoms with Crippen molar-refractivity contribution in [3.8, 4) is 11.3 Å². The highest BCUT2D eigenvalue weighted by molar-refractivity contribution is 5.90. The minimum atomic E-state index is -0.986. The molecule has 0 fully saturated rings. The summed E-state index contributed by atoms with van der Waals surface area (Å²) in [6.07, 6.45) is 1.28. The number of pyridine rings is 1. The Bertz CT molecular complexity index is 1170. The molecule has 0 radical (unpaired) electrons. The number of hydrogen-bond acceptors (Lipinski definition) is 6. The quantitative estimate of drug-likeness (QED) is 0.338. The third kappa shape index (κ3) is 6.59. The van der Waals surface area contributed by atoms with Gasteiger partial charge in [-0.3, -0.25) is 0 Å². The maximum absolute atomic E-state index is 15.1. The molecule has 1 atom stereocenters. The predicted octanol–water partition coefficient (Wildman–Crippen LogP) is 4.17. The molecule has 35 heavy (non-hydrogen) atoms. The van der Waals surface area contributed by atoms with Crippen molar-refractivity contribution in [2.75, 3.05) is 33.9 Å². The molecule has 0 aliphatic rings. The zero-order valence-corrected chi connectivity index (χ0v) is 20.5. The molecule has 0 aliphatic heterocycles. The monoisotopic (exact) mass is 493 g/mol. The summed E-state index contributed by atoms with van der Waals surface area (Å²) < 4.78 is 61.9. The summed E-state index contributed by atoms with van der Waals surface area (Å²) in [5.41, 5.74) is -0.385. The maximum atomic E-state index is 15.1. The maximum Gasteiger partial charge on any atom is 0.338 e. The van der Waals surface area contributed by atoms with Gasteiger partial charge < -0.3 is 23.9 Å². The average Bonchev–Trinajstić information content (AvgIpc) is 3.11. The van der Waals surface area contributed by atoms with Gasteiger partial charge in [-0.05, 0) is 46.0 Å². The van der Waals surface area contributed by atoms with Crippen molar-refractivity contribution in [2.45, 2.75) is 38.9 Å². The number of imidazole rings is 1. The van der Waals surface area contributed by atoms with Crippen molar-refractivity contribution in [2.24, 2.45) is 0 Å². The standard InChI is InChI=1S/C25H30F3N3O4/c1-25(2,3)35-9-8-34-17(14-29-4)13-20-23(30-21-12-16(26)6-7-31(20)21)22-18(27)10-15(11-19(22)28)24(32)33-5/h6-7,10-12,17,29H,8-9,13-14H2,1-5H3. The second-order valence-corrected chi connectivity index (χ2v) is 9.00. The second-order valence-electron chi connectivity index (χ2n) is 9.00. The van der Waals surface area contributed by atoms with Gasteiger partial charge in [0.15, 0.2) is 0 Å². The number of aromatic nitrogens is 2. The summed E-state index contributed by atoms with van der Waals surface area (Å²) in [5.74, 6) is -3.38. The largest absolute Gasteiger partial charge is 0.465 e. The molecule has 0 saturated carbocycles. The first-order chi connectivity index (χ1) is 16.5. The van der Waals surface area contributed by atoms with E-state index < -0.39 is 35.1 Å². The predicted molar refractivity (Wildman–Crippen MR) is 125 cm³/mol. The van der Waals surface area contributed by atoms with E-state index in [0.29, 0.717) is 25.5 Å². The van der Waals surface area contributed by atoms with Crippen molar-refractivity contribution in [3.63, 3.8) is 0 Å². The highest BCUT2D eigenvalue weighted by atomic mass is 19.1. The molecular formula is C25H30F3N3O4. The third-order valence-electron chi connectivity index (χ3n) is 5.21. The molecule has 0 spiro atoms. The summed E-state index contributed by atoms with van der Waals surface area (Å²) in [7, 11) is 2.88. The summed E-state index contributed by atoms with van der Waals surface area (Å²) >= 11 is 0. The molecule has 1 N–H and O–H groups in total. The number of nitrogens with one attached hydrogen (secondary N) is 1. The van der Waals surface area contributed by atoms with Crippen LogP contribution in [0, 0.1) is 17.5 Å². The number of carbonyl (C=O) groups excluding carboxylic acids is 1. The Hall–Kier alpha value is -2.95.